The number of nitrogens with zero attached hydrogens (tertiary/aromatic N) is 1. The average Bonchev–Trinajstić information content (AvgIpc) is 2.81. The number of benzene rings is 2. The Balaban J connectivity index is 1.87. The Morgan fingerprint density at radius 3 is 2.16 bits per heavy atom. The van der Waals surface area contributed by atoms with Gasteiger partial charge in [-0.15, -0.1) is 0 Å². The summed E-state index contributed by atoms with van der Waals surface area (Å²) in [6.07, 6.45) is 0. The van der Waals surface area contributed by atoms with Gasteiger partial charge in [0.05, 0.1) is 34.0 Å². The maximum absolute atomic E-state index is 12.4. The Hall–Kier alpha value is -4.01. The number of methoxy groups -OCH3 is 4. The Labute approximate surface area is 178 Å². The van der Waals surface area contributed by atoms with Crippen molar-refractivity contribution in [2.45, 2.75) is 0 Å². The van der Waals surface area contributed by atoms with Crippen molar-refractivity contribution >= 4 is 28.5 Å². The highest BCUT2D eigenvalue weighted by atomic mass is 16.5. The number of carbonyl (C=O) groups is 2. The minimum Gasteiger partial charge on any atom is -0.497 e. The smallest absolute Gasteiger partial charge is 0.356 e. The molecule has 2 aromatic carbocycles. The molecule has 1 aromatic heterocycles. The molecule has 1 N–H and O–H groups in total. The molecule has 0 aliphatic heterocycles. The van der Waals surface area contributed by atoms with Crippen LogP contribution in [0.15, 0.2) is 42.5 Å². The summed E-state index contributed by atoms with van der Waals surface area (Å²) in [6, 6.07) is 11.6. The lowest BCUT2D eigenvalue weighted by Gasteiger charge is -2.14. The Morgan fingerprint density at radius 1 is 0.871 bits per heavy atom. The molecule has 0 radical (unpaired) electrons. The third kappa shape index (κ3) is 4.95. The van der Waals surface area contributed by atoms with Crippen LogP contribution >= 0.6 is 0 Å². The number of amides is 1. The molecule has 3 rings (SSSR count). The van der Waals surface area contributed by atoms with Gasteiger partial charge < -0.3 is 29.0 Å². The van der Waals surface area contributed by atoms with Crippen LogP contribution < -0.4 is 24.3 Å². The molecule has 31 heavy (non-hydrogen) atoms. The molecule has 0 saturated heterocycles. The number of ether oxygens (including phenoxy) is 5. The zero-order valence-electron chi connectivity index (χ0n) is 17.6. The van der Waals surface area contributed by atoms with Crippen molar-refractivity contribution < 1.29 is 33.3 Å². The number of fused-ring (bicyclic) bond motifs is 1. The molecule has 0 aliphatic rings. The summed E-state index contributed by atoms with van der Waals surface area (Å²) < 4.78 is 26.2. The van der Waals surface area contributed by atoms with E-state index >= 15 is 0 Å². The molecular formula is C22H22N2O7. The molecular weight excluding hydrogens is 404 g/mol. The maximum Gasteiger partial charge on any atom is 0.356 e. The fraction of sp³-hybridized carbons (Fsp3) is 0.227. The van der Waals surface area contributed by atoms with Crippen LogP contribution in [-0.4, -0.2) is 51.9 Å². The minimum absolute atomic E-state index is 0.0350. The molecule has 0 saturated carbocycles. The van der Waals surface area contributed by atoms with Crippen LogP contribution in [0, 0.1) is 0 Å². The third-order valence-corrected chi connectivity index (χ3v) is 4.40. The lowest BCUT2D eigenvalue weighted by Crippen LogP contribution is -2.20. The fourth-order valence-corrected chi connectivity index (χ4v) is 2.87. The normalized spacial score (nSPS) is 10.3. The first-order valence-electron chi connectivity index (χ1n) is 9.20. The van der Waals surface area contributed by atoms with E-state index in [1.165, 1.54) is 27.4 Å². The molecule has 0 aliphatic carbocycles. The van der Waals surface area contributed by atoms with E-state index in [0.29, 0.717) is 33.8 Å². The van der Waals surface area contributed by atoms with E-state index < -0.39 is 5.97 Å². The first-order chi connectivity index (χ1) is 15.0. The van der Waals surface area contributed by atoms with E-state index in [9.17, 15) is 9.59 Å². The minimum atomic E-state index is -0.635. The van der Waals surface area contributed by atoms with Gasteiger partial charge in [0, 0.05) is 23.2 Å². The number of rotatable bonds is 8. The Bertz CT molecular complexity index is 1100. The molecule has 0 spiro atoms. The third-order valence-electron chi connectivity index (χ3n) is 4.40. The molecule has 1 amide bonds. The predicted molar refractivity (Wildman–Crippen MR) is 113 cm³/mol. The zero-order valence-corrected chi connectivity index (χ0v) is 17.6. The Morgan fingerprint density at radius 2 is 1.55 bits per heavy atom. The summed E-state index contributed by atoms with van der Waals surface area (Å²) >= 11 is 0. The SMILES string of the molecule is COC(=O)c1cc(OCC(=O)Nc2ccc(OC)cc2)c2cc(OC)c(OC)cc2n1. The molecule has 1 heterocycles. The van der Waals surface area contributed by atoms with E-state index in [1.807, 2.05) is 0 Å². The highest BCUT2D eigenvalue weighted by Crippen LogP contribution is 2.36. The van der Waals surface area contributed by atoms with Gasteiger partial charge in [-0.05, 0) is 30.3 Å². The van der Waals surface area contributed by atoms with E-state index in [2.05, 4.69) is 10.3 Å². The van der Waals surface area contributed by atoms with Crippen molar-refractivity contribution in [1.82, 2.24) is 4.98 Å². The van der Waals surface area contributed by atoms with Crippen LogP contribution in [0.25, 0.3) is 10.9 Å². The maximum atomic E-state index is 12.4. The number of pyridine rings is 1. The van der Waals surface area contributed by atoms with E-state index in [4.69, 9.17) is 23.7 Å². The monoisotopic (exact) mass is 426 g/mol. The number of nitrogens with one attached hydrogen (secondary N) is 1. The second-order valence-electron chi connectivity index (χ2n) is 6.29. The Kier molecular flexibility index (Phi) is 6.76. The summed E-state index contributed by atoms with van der Waals surface area (Å²) in [6.45, 7) is -0.292. The van der Waals surface area contributed by atoms with Crippen molar-refractivity contribution in [3.05, 3.63) is 48.2 Å². The second-order valence-corrected chi connectivity index (χ2v) is 6.29. The zero-order chi connectivity index (χ0) is 22.4. The van der Waals surface area contributed by atoms with Crippen LogP contribution in [0.1, 0.15) is 10.5 Å². The van der Waals surface area contributed by atoms with Gasteiger partial charge in [0.15, 0.2) is 23.8 Å². The topological polar surface area (TPSA) is 105 Å². The number of hydrogen-bond donors (Lipinski definition) is 1. The van der Waals surface area contributed by atoms with Gasteiger partial charge in [-0.2, -0.15) is 0 Å². The standard InChI is InChI=1S/C22H22N2O7/c1-27-14-7-5-13(6-8-14)23-21(25)12-31-18-11-17(22(26)30-4)24-16-10-20(29-3)19(28-2)9-15(16)18/h5-11H,12H2,1-4H3,(H,23,25). The summed E-state index contributed by atoms with van der Waals surface area (Å²) in [5.74, 6) is 0.829. The second kappa shape index (κ2) is 9.66. The fourth-order valence-electron chi connectivity index (χ4n) is 2.87. The van der Waals surface area contributed by atoms with Gasteiger partial charge in [0.2, 0.25) is 0 Å². The van der Waals surface area contributed by atoms with Crippen molar-refractivity contribution in [2.75, 3.05) is 40.4 Å². The highest BCUT2D eigenvalue weighted by molar-refractivity contribution is 5.96. The van der Waals surface area contributed by atoms with Crippen molar-refractivity contribution in [3.8, 4) is 23.0 Å². The van der Waals surface area contributed by atoms with Gasteiger partial charge in [-0.1, -0.05) is 0 Å². The van der Waals surface area contributed by atoms with Crippen LogP contribution in [-0.2, 0) is 9.53 Å². The lowest BCUT2D eigenvalue weighted by molar-refractivity contribution is -0.118. The summed E-state index contributed by atoms with van der Waals surface area (Å²) in [5, 5.41) is 3.27. The number of hydrogen-bond acceptors (Lipinski definition) is 8. The number of carbonyl (C=O) groups excluding carboxylic acids is 2. The molecule has 9 nitrogen and oxygen atoms in total. The first-order valence-corrected chi connectivity index (χ1v) is 9.20. The van der Waals surface area contributed by atoms with E-state index in [-0.39, 0.29) is 24.0 Å². The van der Waals surface area contributed by atoms with Gasteiger partial charge in [-0.25, -0.2) is 9.78 Å². The van der Waals surface area contributed by atoms with Gasteiger partial charge >= 0.3 is 5.97 Å². The van der Waals surface area contributed by atoms with E-state index in [0.717, 1.165) is 0 Å². The van der Waals surface area contributed by atoms with Crippen molar-refractivity contribution in [3.63, 3.8) is 0 Å². The number of aromatic nitrogens is 1. The van der Waals surface area contributed by atoms with Crippen LogP contribution in [0.4, 0.5) is 5.69 Å². The highest BCUT2D eigenvalue weighted by Gasteiger charge is 2.17. The van der Waals surface area contributed by atoms with Crippen molar-refractivity contribution in [1.29, 1.82) is 0 Å². The molecule has 0 fully saturated rings. The van der Waals surface area contributed by atoms with Gasteiger partial charge in [-0.3, -0.25) is 4.79 Å². The number of esters is 1. The average molecular weight is 426 g/mol. The van der Waals surface area contributed by atoms with Crippen LogP contribution in [0.5, 0.6) is 23.0 Å². The molecule has 0 atom stereocenters. The summed E-state index contributed by atoms with van der Waals surface area (Å²) in [4.78, 5) is 28.7. The van der Waals surface area contributed by atoms with Crippen LogP contribution in [0.2, 0.25) is 0 Å². The first kappa shape index (κ1) is 21.7. The molecule has 0 bridgehead atoms. The lowest BCUT2D eigenvalue weighted by atomic mass is 10.1. The van der Waals surface area contributed by atoms with E-state index in [1.54, 1.807) is 43.5 Å². The van der Waals surface area contributed by atoms with Gasteiger partial charge in [0.1, 0.15) is 11.5 Å². The quantitative estimate of drug-likeness (QED) is 0.548. The van der Waals surface area contributed by atoms with Crippen molar-refractivity contribution in [2.24, 2.45) is 0 Å². The molecule has 162 valence electrons. The predicted octanol–water partition coefficient (Wildman–Crippen LogP) is 3.06. The largest absolute Gasteiger partial charge is 0.497 e. The molecule has 0 unspecified atom stereocenters. The molecule has 3 aromatic rings. The van der Waals surface area contributed by atoms with Crippen LogP contribution in [0.3, 0.4) is 0 Å². The number of anilines is 1. The summed E-state index contributed by atoms with van der Waals surface area (Å²) in [7, 11) is 5.82. The summed E-state index contributed by atoms with van der Waals surface area (Å²) in [5.41, 5.74) is 1.05. The molecule has 9 heteroatoms. The van der Waals surface area contributed by atoms with Gasteiger partial charge in [0.25, 0.3) is 5.91 Å².